The molecule has 8 rings (SSSR count). The first kappa shape index (κ1) is 22.8. The summed E-state index contributed by atoms with van der Waals surface area (Å²) >= 11 is 13.4. The fourth-order valence-corrected chi connectivity index (χ4v) is 6.41. The fourth-order valence-electron chi connectivity index (χ4n) is 5.90. The van der Waals surface area contributed by atoms with Crippen LogP contribution in [0.25, 0.3) is 10.9 Å². The molecular weight excluding hydrogens is 505 g/mol. The molecule has 4 aromatic rings. The third-order valence-electron chi connectivity index (χ3n) is 8.12. The van der Waals surface area contributed by atoms with E-state index < -0.39 is 0 Å². The second-order valence-electron chi connectivity index (χ2n) is 10.8. The maximum Gasteiger partial charge on any atom is 0.110 e. The lowest BCUT2D eigenvalue weighted by Crippen LogP contribution is -2.55. The molecule has 2 aromatic carbocycles. The van der Waals surface area contributed by atoms with E-state index in [1.165, 1.54) is 19.3 Å². The minimum Gasteiger partial charge on any atom is -0.383 e. The summed E-state index contributed by atoms with van der Waals surface area (Å²) in [5.74, 6) is 0.899. The minimum atomic E-state index is -0.334. The summed E-state index contributed by atoms with van der Waals surface area (Å²) in [6.45, 7) is 0.860. The Morgan fingerprint density at radius 2 is 1.95 bits per heavy atom. The van der Waals surface area contributed by atoms with Crippen LogP contribution < -0.4 is 10.6 Å². The molecule has 1 unspecified atom stereocenters. The van der Waals surface area contributed by atoms with Gasteiger partial charge in [-0.25, -0.2) is 4.68 Å². The molecule has 7 nitrogen and oxygen atoms in total. The Labute approximate surface area is 224 Å². The Bertz CT molecular complexity index is 1550. The van der Waals surface area contributed by atoms with Gasteiger partial charge in [0, 0.05) is 28.8 Å². The van der Waals surface area contributed by atoms with E-state index in [4.69, 9.17) is 23.2 Å². The molecule has 4 aliphatic rings. The molecule has 37 heavy (non-hydrogen) atoms. The number of nitriles is 1. The number of fused-ring (bicyclic) bond motifs is 1. The number of rotatable bonds is 8. The highest BCUT2D eigenvalue weighted by Gasteiger charge is 2.56. The van der Waals surface area contributed by atoms with Crippen LogP contribution in [-0.4, -0.2) is 26.5 Å². The Morgan fingerprint density at radius 1 is 1.14 bits per heavy atom. The topological polar surface area (TPSA) is 91.5 Å². The molecule has 186 valence electrons. The largest absolute Gasteiger partial charge is 0.383 e. The second kappa shape index (κ2) is 8.61. The Morgan fingerprint density at radius 3 is 2.65 bits per heavy atom. The van der Waals surface area contributed by atoms with E-state index in [9.17, 15) is 5.26 Å². The van der Waals surface area contributed by atoms with Gasteiger partial charge >= 0.3 is 0 Å². The number of nitrogens with zero attached hydrogens (tertiary/aromatic N) is 5. The molecule has 0 saturated heterocycles. The molecule has 4 fully saturated rings. The summed E-state index contributed by atoms with van der Waals surface area (Å²) in [5.41, 5.74) is 4.82. The van der Waals surface area contributed by atoms with Crippen molar-refractivity contribution in [1.82, 2.24) is 20.0 Å². The van der Waals surface area contributed by atoms with E-state index in [0.717, 1.165) is 53.3 Å². The van der Waals surface area contributed by atoms with Crippen LogP contribution in [0.5, 0.6) is 0 Å². The van der Waals surface area contributed by atoms with Crippen LogP contribution in [0.1, 0.15) is 61.0 Å². The summed E-state index contributed by atoms with van der Waals surface area (Å²) in [6.07, 6.45) is 9.68. The van der Waals surface area contributed by atoms with Crippen molar-refractivity contribution >= 4 is 45.5 Å². The zero-order chi connectivity index (χ0) is 25.1. The lowest BCUT2D eigenvalue weighted by atomic mass is 9.44. The van der Waals surface area contributed by atoms with Crippen molar-refractivity contribution in [2.24, 2.45) is 11.3 Å². The van der Waals surface area contributed by atoms with Crippen molar-refractivity contribution in [3.8, 4) is 6.07 Å². The maximum atomic E-state index is 9.84. The molecular formula is C28H25Cl2N7. The van der Waals surface area contributed by atoms with Gasteiger partial charge in [0.05, 0.1) is 40.1 Å². The van der Waals surface area contributed by atoms with E-state index >= 15 is 0 Å². The molecule has 2 aromatic heterocycles. The molecule has 4 aliphatic carbocycles. The molecule has 4 saturated carbocycles. The second-order valence-corrected chi connectivity index (χ2v) is 11.6. The van der Waals surface area contributed by atoms with Gasteiger partial charge in [-0.2, -0.15) is 5.26 Å². The molecule has 0 aliphatic heterocycles. The number of nitrogens with one attached hydrogen (secondary N) is 2. The van der Waals surface area contributed by atoms with Crippen molar-refractivity contribution in [1.29, 1.82) is 5.26 Å². The van der Waals surface area contributed by atoms with Crippen molar-refractivity contribution in [2.45, 2.75) is 44.2 Å². The van der Waals surface area contributed by atoms with E-state index in [1.807, 2.05) is 47.3 Å². The Kier molecular flexibility index (Phi) is 5.31. The molecule has 2 bridgehead atoms. The number of aromatic nitrogens is 4. The SMILES string of the molecule is N#Cc1cnc2c(Cl)cc(NC(c3cn(C4CC4)nn3)c3ccccc3Cl)cc2c1NCC12CC(C1)C2. The molecule has 2 N–H and O–H groups in total. The van der Waals surface area contributed by atoms with Crippen molar-refractivity contribution in [3.63, 3.8) is 0 Å². The third-order valence-corrected chi connectivity index (χ3v) is 8.75. The first-order chi connectivity index (χ1) is 18.0. The molecule has 0 radical (unpaired) electrons. The number of pyridine rings is 1. The zero-order valence-electron chi connectivity index (χ0n) is 20.1. The van der Waals surface area contributed by atoms with Crippen LogP contribution in [0, 0.1) is 22.7 Å². The summed E-state index contributed by atoms with van der Waals surface area (Å²) in [6, 6.07) is 14.0. The lowest BCUT2D eigenvalue weighted by molar-refractivity contribution is -0.0929. The molecule has 9 heteroatoms. The van der Waals surface area contributed by atoms with E-state index in [1.54, 1.807) is 6.20 Å². The van der Waals surface area contributed by atoms with E-state index in [2.05, 4.69) is 32.0 Å². The van der Waals surface area contributed by atoms with Crippen LogP contribution in [0.3, 0.4) is 0 Å². The monoisotopic (exact) mass is 529 g/mol. The van der Waals surface area contributed by atoms with Crippen molar-refractivity contribution < 1.29 is 0 Å². The number of anilines is 2. The predicted molar refractivity (Wildman–Crippen MR) is 145 cm³/mol. The summed E-state index contributed by atoms with van der Waals surface area (Å²) in [5, 5.41) is 27.9. The number of benzene rings is 2. The van der Waals surface area contributed by atoms with Gasteiger partial charge in [-0.05, 0) is 67.2 Å². The third kappa shape index (κ3) is 4.00. The van der Waals surface area contributed by atoms with Crippen LogP contribution in [0.2, 0.25) is 10.0 Å². The van der Waals surface area contributed by atoms with Gasteiger partial charge in [-0.15, -0.1) is 5.10 Å². The van der Waals surface area contributed by atoms with Crippen LogP contribution in [0.15, 0.2) is 48.8 Å². The Hall–Kier alpha value is -3.34. The van der Waals surface area contributed by atoms with Gasteiger partial charge < -0.3 is 10.6 Å². The van der Waals surface area contributed by atoms with Gasteiger partial charge in [-0.3, -0.25) is 4.98 Å². The van der Waals surface area contributed by atoms with Crippen LogP contribution in [-0.2, 0) is 0 Å². The standard InChI is InChI=1S/C28H25Cl2N7/c29-22-4-2-1-3-20(22)27(24-14-37(36-35-24)19-5-6-19)34-18-7-21-25(33-15-28-9-16(10-28)11-28)17(12-31)13-32-26(21)23(30)8-18/h1-4,7-8,13-14,16,19,27,34H,5-6,9-11,15H2,(H,32,33). The zero-order valence-corrected chi connectivity index (χ0v) is 21.6. The van der Waals surface area contributed by atoms with Crippen molar-refractivity contribution in [3.05, 3.63) is 75.7 Å². The first-order valence-corrected chi connectivity index (χ1v) is 13.5. The van der Waals surface area contributed by atoms with E-state index in [-0.39, 0.29) is 6.04 Å². The number of hydrogen-bond acceptors (Lipinski definition) is 6. The van der Waals surface area contributed by atoms with Gasteiger partial charge in [0.25, 0.3) is 0 Å². The fraction of sp³-hybridized carbons (Fsp3) is 0.357. The lowest BCUT2D eigenvalue weighted by Gasteiger charge is -2.62. The van der Waals surface area contributed by atoms with Gasteiger partial charge in [0.2, 0.25) is 0 Å². The maximum absolute atomic E-state index is 9.84. The molecule has 0 amide bonds. The highest BCUT2D eigenvalue weighted by atomic mass is 35.5. The van der Waals surface area contributed by atoms with Gasteiger partial charge in [-0.1, -0.05) is 46.6 Å². The van der Waals surface area contributed by atoms with Gasteiger partial charge in [0.1, 0.15) is 11.8 Å². The quantitative estimate of drug-likeness (QED) is 0.262. The minimum absolute atomic E-state index is 0.334. The highest BCUT2D eigenvalue weighted by Crippen LogP contribution is 2.64. The summed E-state index contributed by atoms with van der Waals surface area (Å²) in [7, 11) is 0. The normalized spacial score (nSPS) is 22.6. The summed E-state index contributed by atoms with van der Waals surface area (Å²) in [4.78, 5) is 4.51. The first-order valence-electron chi connectivity index (χ1n) is 12.7. The van der Waals surface area contributed by atoms with E-state index in [0.29, 0.717) is 32.6 Å². The number of hydrogen-bond donors (Lipinski definition) is 2. The molecule has 1 atom stereocenters. The Balaban J connectivity index is 1.28. The predicted octanol–water partition coefficient (Wildman–Crippen LogP) is 6.75. The smallest absolute Gasteiger partial charge is 0.110 e. The van der Waals surface area contributed by atoms with Crippen molar-refractivity contribution in [2.75, 3.05) is 17.2 Å². The number of halogens is 2. The highest BCUT2D eigenvalue weighted by molar-refractivity contribution is 6.36. The average molecular weight is 530 g/mol. The molecule has 2 heterocycles. The summed E-state index contributed by atoms with van der Waals surface area (Å²) < 4.78 is 1.93. The van der Waals surface area contributed by atoms with Crippen LogP contribution in [0.4, 0.5) is 11.4 Å². The molecule has 0 spiro atoms. The van der Waals surface area contributed by atoms with Gasteiger partial charge in [0.15, 0.2) is 0 Å². The average Bonchev–Trinajstić information content (AvgIpc) is 3.58. The van der Waals surface area contributed by atoms with Crippen LogP contribution >= 0.6 is 23.2 Å².